The van der Waals surface area contributed by atoms with Crippen molar-refractivity contribution < 1.29 is 4.79 Å². The summed E-state index contributed by atoms with van der Waals surface area (Å²) in [6, 6.07) is 7.96. The normalized spacial score (nSPS) is 18.4. The first kappa shape index (κ1) is 10.7. The molecule has 1 N–H and O–H groups in total. The van der Waals surface area contributed by atoms with Crippen LogP contribution in [0.5, 0.6) is 0 Å². The van der Waals surface area contributed by atoms with Crippen LogP contribution in [0.4, 0.5) is 5.69 Å². The van der Waals surface area contributed by atoms with Gasteiger partial charge in [-0.15, -0.1) is 0 Å². The summed E-state index contributed by atoms with van der Waals surface area (Å²) in [6.07, 6.45) is 10.3. The smallest absolute Gasteiger partial charge is 0.221 e. The van der Waals surface area contributed by atoms with Crippen LogP contribution in [-0.4, -0.2) is 5.91 Å². The van der Waals surface area contributed by atoms with Gasteiger partial charge in [0.2, 0.25) is 5.91 Å². The molecule has 0 aromatic heterocycles. The third-order valence-electron chi connectivity index (χ3n) is 2.56. The minimum atomic E-state index is -0.0402. The molecule has 0 saturated heterocycles. The maximum absolute atomic E-state index is 10.9. The number of benzene rings is 1. The fourth-order valence-electron chi connectivity index (χ4n) is 1.77. The Labute approximate surface area is 95.7 Å². The van der Waals surface area contributed by atoms with Gasteiger partial charge in [0.25, 0.3) is 0 Å². The molecule has 0 saturated carbocycles. The number of rotatable bonds is 2. The lowest BCUT2D eigenvalue weighted by Crippen LogP contribution is -2.05. The van der Waals surface area contributed by atoms with Crippen LogP contribution in [0.3, 0.4) is 0 Å². The Morgan fingerprint density at radius 3 is 2.69 bits per heavy atom. The third-order valence-corrected chi connectivity index (χ3v) is 2.56. The van der Waals surface area contributed by atoms with Gasteiger partial charge in [-0.3, -0.25) is 4.79 Å². The van der Waals surface area contributed by atoms with Crippen molar-refractivity contribution in [3.8, 4) is 0 Å². The van der Waals surface area contributed by atoms with Crippen LogP contribution in [0.1, 0.15) is 24.8 Å². The molecule has 2 nitrogen and oxygen atoms in total. The van der Waals surface area contributed by atoms with Crippen molar-refractivity contribution in [3.63, 3.8) is 0 Å². The van der Waals surface area contributed by atoms with E-state index in [9.17, 15) is 4.79 Å². The van der Waals surface area contributed by atoms with Gasteiger partial charge in [-0.25, -0.2) is 0 Å². The van der Waals surface area contributed by atoms with Gasteiger partial charge in [-0.05, 0) is 30.2 Å². The summed E-state index contributed by atoms with van der Waals surface area (Å²) in [4.78, 5) is 10.9. The van der Waals surface area contributed by atoms with Crippen LogP contribution in [0.2, 0.25) is 0 Å². The molecule has 0 heterocycles. The Hall–Kier alpha value is -1.83. The summed E-state index contributed by atoms with van der Waals surface area (Å²) < 4.78 is 0. The highest BCUT2D eigenvalue weighted by atomic mass is 16.1. The van der Waals surface area contributed by atoms with E-state index in [1.165, 1.54) is 12.5 Å². The van der Waals surface area contributed by atoms with Crippen molar-refractivity contribution in [2.75, 3.05) is 5.32 Å². The quantitative estimate of drug-likeness (QED) is 0.802. The average Bonchev–Trinajstić information content (AvgIpc) is 2.30. The molecule has 1 unspecified atom stereocenters. The maximum Gasteiger partial charge on any atom is 0.221 e. The molecule has 0 aliphatic heterocycles. The highest BCUT2D eigenvalue weighted by Gasteiger charge is 2.08. The largest absolute Gasteiger partial charge is 0.326 e. The Kier molecular flexibility index (Phi) is 3.20. The number of hydrogen-bond acceptors (Lipinski definition) is 1. The van der Waals surface area contributed by atoms with E-state index in [-0.39, 0.29) is 5.91 Å². The van der Waals surface area contributed by atoms with Crippen molar-refractivity contribution in [1.29, 1.82) is 0 Å². The molecule has 0 fully saturated rings. The lowest BCUT2D eigenvalue weighted by molar-refractivity contribution is -0.114. The fraction of sp³-hybridized carbons (Fsp3) is 0.214. The van der Waals surface area contributed by atoms with Crippen molar-refractivity contribution >= 4 is 11.6 Å². The maximum atomic E-state index is 10.9. The van der Waals surface area contributed by atoms with Gasteiger partial charge in [-0.2, -0.15) is 0 Å². The predicted octanol–water partition coefficient (Wildman–Crippen LogP) is 3.05. The van der Waals surface area contributed by atoms with E-state index in [1.807, 2.05) is 30.3 Å². The monoisotopic (exact) mass is 212 g/mol. The molecule has 1 aromatic carbocycles. The van der Waals surface area contributed by atoms with Crippen LogP contribution in [0, 0.1) is 6.08 Å². The van der Waals surface area contributed by atoms with Crippen molar-refractivity contribution in [2.45, 2.75) is 19.3 Å². The first-order valence-corrected chi connectivity index (χ1v) is 5.37. The molecule has 16 heavy (non-hydrogen) atoms. The third kappa shape index (κ3) is 2.60. The second-order valence-corrected chi connectivity index (χ2v) is 3.88. The average molecular weight is 212 g/mol. The van der Waals surface area contributed by atoms with Gasteiger partial charge >= 0.3 is 0 Å². The number of carbonyl (C=O) groups excluding carboxylic acids is 1. The van der Waals surface area contributed by atoms with E-state index in [1.54, 1.807) is 0 Å². The summed E-state index contributed by atoms with van der Waals surface area (Å²) in [5.41, 5.74) is 2.10. The Morgan fingerprint density at radius 2 is 2.12 bits per heavy atom. The lowest BCUT2D eigenvalue weighted by atomic mass is 9.92. The molecule has 81 valence electrons. The Balaban J connectivity index is 2.10. The standard InChI is InChI=1S/C14H14NO/c1-11(16)15-14-9-7-13(8-10-14)12-5-3-2-4-6-12/h2-3,6-10,12H,5H2,1H3,(H,15,16). The number of carbonyl (C=O) groups is 1. The van der Waals surface area contributed by atoms with E-state index in [0.717, 1.165) is 12.1 Å². The summed E-state index contributed by atoms with van der Waals surface area (Å²) in [7, 11) is 0. The zero-order valence-electron chi connectivity index (χ0n) is 9.23. The Morgan fingerprint density at radius 1 is 1.38 bits per heavy atom. The van der Waals surface area contributed by atoms with Gasteiger partial charge in [-0.1, -0.05) is 30.4 Å². The fourth-order valence-corrected chi connectivity index (χ4v) is 1.77. The highest BCUT2D eigenvalue weighted by Crippen LogP contribution is 2.25. The molecule has 0 spiro atoms. The second-order valence-electron chi connectivity index (χ2n) is 3.88. The molecule has 1 atom stereocenters. The van der Waals surface area contributed by atoms with Crippen molar-refractivity contribution in [3.05, 3.63) is 54.1 Å². The second kappa shape index (κ2) is 4.79. The number of allylic oxidation sites excluding steroid dienone is 4. The molecule has 1 amide bonds. The van der Waals surface area contributed by atoms with Crippen LogP contribution in [-0.2, 0) is 4.79 Å². The van der Waals surface area contributed by atoms with E-state index in [2.05, 4.69) is 23.5 Å². The molecule has 1 aromatic rings. The van der Waals surface area contributed by atoms with E-state index >= 15 is 0 Å². The van der Waals surface area contributed by atoms with Crippen LogP contribution in [0.25, 0.3) is 0 Å². The molecular weight excluding hydrogens is 198 g/mol. The highest BCUT2D eigenvalue weighted by molar-refractivity contribution is 5.88. The summed E-state index contributed by atoms with van der Waals surface area (Å²) in [5.74, 6) is 0.373. The first-order chi connectivity index (χ1) is 7.75. The van der Waals surface area contributed by atoms with Gasteiger partial charge in [0, 0.05) is 18.5 Å². The van der Waals surface area contributed by atoms with Gasteiger partial charge < -0.3 is 5.32 Å². The van der Waals surface area contributed by atoms with Crippen LogP contribution >= 0.6 is 0 Å². The zero-order valence-corrected chi connectivity index (χ0v) is 9.23. The molecule has 0 bridgehead atoms. The summed E-state index contributed by atoms with van der Waals surface area (Å²) in [5, 5.41) is 2.76. The molecule has 1 aliphatic rings. The van der Waals surface area contributed by atoms with Crippen LogP contribution < -0.4 is 5.32 Å². The number of anilines is 1. The predicted molar refractivity (Wildman–Crippen MR) is 65.1 cm³/mol. The molecule has 1 radical (unpaired) electrons. The summed E-state index contributed by atoms with van der Waals surface area (Å²) in [6.45, 7) is 1.51. The first-order valence-electron chi connectivity index (χ1n) is 5.37. The SMILES string of the molecule is CC(=O)Nc1ccc(C2C=[C]C=CC2)cc1. The number of nitrogens with one attached hydrogen (secondary N) is 1. The van der Waals surface area contributed by atoms with E-state index < -0.39 is 0 Å². The van der Waals surface area contributed by atoms with Gasteiger partial charge in [0.15, 0.2) is 0 Å². The van der Waals surface area contributed by atoms with E-state index in [0.29, 0.717) is 5.92 Å². The zero-order chi connectivity index (χ0) is 11.4. The van der Waals surface area contributed by atoms with E-state index in [4.69, 9.17) is 0 Å². The molecular formula is C14H14NO. The van der Waals surface area contributed by atoms with Gasteiger partial charge in [0.1, 0.15) is 0 Å². The van der Waals surface area contributed by atoms with Gasteiger partial charge in [0.05, 0.1) is 0 Å². The number of hydrogen-bond donors (Lipinski definition) is 1. The molecule has 1 aliphatic carbocycles. The molecule has 2 rings (SSSR count). The topological polar surface area (TPSA) is 29.1 Å². The lowest BCUT2D eigenvalue weighted by Gasteiger charge is -2.13. The minimum absolute atomic E-state index is 0.0402. The number of amides is 1. The van der Waals surface area contributed by atoms with Crippen molar-refractivity contribution in [2.24, 2.45) is 0 Å². The molecule has 2 heteroatoms. The van der Waals surface area contributed by atoms with Crippen LogP contribution in [0.15, 0.2) is 42.5 Å². The summed E-state index contributed by atoms with van der Waals surface area (Å²) >= 11 is 0. The van der Waals surface area contributed by atoms with Crippen molar-refractivity contribution in [1.82, 2.24) is 0 Å². The minimum Gasteiger partial charge on any atom is -0.326 e. The Bertz CT molecular complexity index is 429.